The van der Waals surface area contributed by atoms with Gasteiger partial charge in [0.1, 0.15) is 11.7 Å². The van der Waals surface area contributed by atoms with Crippen LogP contribution in [0.5, 0.6) is 0 Å². The van der Waals surface area contributed by atoms with Crippen molar-refractivity contribution < 1.29 is 23.4 Å². The Kier molecular flexibility index (Phi) is 8.21. The highest BCUT2D eigenvalue weighted by Gasteiger charge is 2.57. The first kappa shape index (κ1) is 27.9. The van der Waals surface area contributed by atoms with Gasteiger partial charge in [0, 0.05) is 12.5 Å². The molecule has 0 aromatic carbocycles. The van der Waals surface area contributed by atoms with Crippen molar-refractivity contribution >= 4 is 14.4 Å². The molecule has 5 atom stereocenters. The predicted octanol–water partition coefficient (Wildman–Crippen LogP) is 5.30. The molecule has 3 rings (SSSR count). The predicted molar refractivity (Wildman–Crippen MR) is 137 cm³/mol. The molecule has 3 fully saturated rings. The van der Waals surface area contributed by atoms with Crippen molar-refractivity contribution in [1.82, 2.24) is 10.2 Å². The van der Waals surface area contributed by atoms with Gasteiger partial charge in [-0.05, 0) is 85.1 Å². The minimum absolute atomic E-state index is 0.0446. The molecule has 7 nitrogen and oxygen atoms in total. The summed E-state index contributed by atoms with van der Waals surface area (Å²) in [6, 6.07) is 0.166. The number of likely N-dealkylation sites (tertiary alicyclic amines) is 1. The summed E-state index contributed by atoms with van der Waals surface area (Å²) in [5.74, 6) is -0.561. The van der Waals surface area contributed by atoms with Crippen LogP contribution in [-0.2, 0) is 18.6 Å². The van der Waals surface area contributed by atoms with E-state index in [9.17, 15) is 4.79 Å². The number of nitrogens with zero attached hydrogens (tertiary/aromatic N) is 1. The third kappa shape index (κ3) is 6.75. The Hall–Kier alpha value is -0.673. The zero-order valence-electron chi connectivity index (χ0n) is 23.3. The third-order valence-corrected chi connectivity index (χ3v) is 12.4. The summed E-state index contributed by atoms with van der Waals surface area (Å²) < 4.78 is 25.7. The van der Waals surface area contributed by atoms with Gasteiger partial charge in [-0.3, -0.25) is 4.90 Å². The molecule has 0 spiro atoms. The molecule has 1 aliphatic carbocycles. The number of amides is 1. The molecule has 2 aliphatic heterocycles. The number of hydrogen-bond acceptors (Lipinski definition) is 6. The van der Waals surface area contributed by atoms with Gasteiger partial charge in [0.15, 0.2) is 14.1 Å². The van der Waals surface area contributed by atoms with Crippen LogP contribution in [0.25, 0.3) is 0 Å². The number of ether oxygens (including phenoxy) is 3. The lowest BCUT2D eigenvalue weighted by atomic mass is 9.78. The molecule has 2 unspecified atom stereocenters. The molecule has 0 radical (unpaired) electrons. The van der Waals surface area contributed by atoms with Crippen molar-refractivity contribution in [3.05, 3.63) is 0 Å². The van der Waals surface area contributed by atoms with Gasteiger partial charge in [-0.15, -0.1) is 0 Å². The fraction of sp³-hybridized carbons (Fsp3) is 0.962. The van der Waals surface area contributed by atoms with Crippen molar-refractivity contribution in [2.45, 2.75) is 135 Å². The van der Waals surface area contributed by atoms with E-state index >= 15 is 0 Å². The maximum Gasteiger partial charge on any atom is 0.407 e. The van der Waals surface area contributed by atoms with Crippen LogP contribution in [-0.4, -0.2) is 74.7 Å². The molecule has 2 heterocycles. The molecule has 0 aromatic rings. The third-order valence-electron chi connectivity index (χ3n) is 7.85. The molecule has 0 bridgehead atoms. The largest absolute Gasteiger partial charge is 0.444 e. The summed E-state index contributed by atoms with van der Waals surface area (Å²) in [6.45, 7) is 23.8. The second-order valence-corrected chi connectivity index (χ2v) is 18.2. The highest BCUT2D eigenvalue weighted by Crippen LogP contribution is 2.46. The second kappa shape index (κ2) is 10.00. The van der Waals surface area contributed by atoms with Crippen molar-refractivity contribution in [3.8, 4) is 0 Å². The van der Waals surface area contributed by atoms with Gasteiger partial charge >= 0.3 is 6.09 Å². The van der Waals surface area contributed by atoms with Gasteiger partial charge in [-0.1, -0.05) is 27.2 Å². The van der Waals surface area contributed by atoms with Crippen LogP contribution in [0.1, 0.15) is 81.1 Å². The topological polar surface area (TPSA) is 69.3 Å². The fourth-order valence-electron chi connectivity index (χ4n) is 5.29. The van der Waals surface area contributed by atoms with E-state index in [-0.39, 0.29) is 41.4 Å². The van der Waals surface area contributed by atoms with E-state index < -0.39 is 19.7 Å². The number of piperidine rings is 1. The van der Waals surface area contributed by atoms with E-state index in [1.807, 2.05) is 34.6 Å². The van der Waals surface area contributed by atoms with Crippen molar-refractivity contribution in [2.24, 2.45) is 5.92 Å². The summed E-state index contributed by atoms with van der Waals surface area (Å²) in [6.07, 6.45) is 4.05. The Morgan fingerprint density at radius 3 is 2.18 bits per heavy atom. The lowest BCUT2D eigenvalue weighted by molar-refractivity contribution is -0.154. The molecule has 3 aliphatic rings. The van der Waals surface area contributed by atoms with E-state index in [0.717, 1.165) is 19.5 Å². The molecule has 34 heavy (non-hydrogen) atoms. The Morgan fingerprint density at radius 2 is 1.62 bits per heavy atom. The zero-order valence-corrected chi connectivity index (χ0v) is 24.3. The summed E-state index contributed by atoms with van der Waals surface area (Å²) in [7, 11) is -2.02. The lowest BCUT2D eigenvalue weighted by Crippen LogP contribution is -2.64. The quantitative estimate of drug-likeness (QED) is 0.519. The van der Waals surface area contributed by atoms with E-state index in [4.69, 9.17) is 18.6 Å². The molecule has 198 valence electrons. The van der Waals surface area contributed by atoms with E-state index in [2.05, 4.69) is 44.1 Å². The fourth-order valence-corrected chi connectivity index (χ4v) is 6.64. The van der Waals surface area contributed by atoms with Gasteiger partial charge in [-0.2, -0.15) is 0 Å². The SMILES string of the molecule is CC(C)(C)OC(=O)NC[C@H]1CC(O[Si](C)(C)C(C)(C)C)C(N2CCCCC2)[C@H]2OC(C)(C)O[C@@H]12. The number of hydrogen-bond donors (Lipinski definition) is 1. The number of carbonyl (C=O) groups is 1. The zero-order chi connectivity index (χ0) is 25.5. The van der Waals surface area contributed by atoms with Gasteiger partial charge in [0.2, 0.25) is 0 Å². The molecule has 2 saturated heterocycles. The van der Waals surface area contributed by atoms with Crippen LogP contribution < -0.4 is 5.32 Å². The molecular weight excluding hydrogens is 448 g/mol. The first-order chi connectivity index (χ1) is 15.5. The van der Waals surface area contributed by atoms with Crippen LogP contribution in [0.15, 0.2) is 0 Å². The van der Waals surface area contributed by atoms with Crippen LogP contribution in [0.2, 0.25) is 18.1 Å². The standard InChI is InChI=1S/C26H50N2O5Si/c1-24(2,3)32-23(29)27-17-18-16-19(33-34(9,10)25(4,5)6)20(28-14-12-11-13-15-28)22-21(18)30-26(7,8)31-22/h18-22H,11-17H2,1-10H3,(H,27,29)/t18-,19?,20?,21+,22-/m1/s1. The van der Waals surface area contributed by atoms with E-state index in [1.54, 1.807) is 0 Å². The summed E-state index contributed by atoms with van der Waals surface area (Å²) in [5.41, 5.74) is -0.526. The van der Waals surface area contributed by atoms with Crippen LogP contribution >= 0.6 is 0 Å². The summed E-state index contributed by atoms with van der Waals surface area (Å²) in [5, 5.41) is 3.12. The average molecular weight is 499 g/mol. The Balaban J connectivity index is 1.87. The summed E-state index contributed by atoms with van der Waals surface area (Å²) >= 11 is 0. The number of carbonyl (C=O) groups excluding carboxylic acids is 1. The number of nitrogens with one attached hydrogen (secondary N) is 1. The van der Waals surface area contributed by atoms with Gasteiger partial charge < -0.3 is 24.0 Å². The van der Waals surface area contributed by atoms with Crippen LogP contribution in [0, 0.1) is 5.92 Å². The first-order valence-corrected chi connectivity index (χ1v) is 16.1. The highest BCUT2D eigenvalue weighted by molar-refractivity contribution is 6.74. The number of fused-ring (bicyclic) bond motifs is 1. The monoisotopic (exact) mass is 498 g/mol. The van der Waals surface area contributed by atoms with Crippen LogP contribution in [0.4, 0.5) is 4.79 Å². The molecular formula is C26H50N2O5Si. The van der Waals surface area contributed by atoms with E-state index in [0.29, 0.717) is 6.54 Å². The van der Waals surface area contributed by atoms with Gasteiger partial charge in [0.25, 0.3) is 0 Å². The Bertz CT molecular complexity index is 709. The molecule has 8 heteroatoms. The van der Waals surface area contributed by atoms with E-state index in [1.165, 1.54) is 19.3 Å². The normalized spacial score (nSPS) is 32.8. The maximum absolute atomic E-state index is 12.4. The highest BCUT2D eigenvalue weighted by atomic mass is 28.4. The van der Waals surface area contributed by atoms with Crippen LogP contribution in [0.3, 0.4) is 0 Å². The summed E-state index contributed by atoms with van der Waals surface area (Å²) in [4.78, 5) is 15.0. The molecule has 1 amide bonds. The van der Waals surface area contributed by atoms with Gasteiger partial charge in [-0.25, -0.2) is 4.79 Å². The number of alkyl carbamates (subject to hydrolysis) is 1. The first-order valence-electron chi connectivity index (χ1n) is 13.2. The molecule has 0 aromatic heterocycles. The number of rotatable bonds is 5. The maximum atomic E-state index is 12.4. The molecule has 1 saturated carbocycles. The molecule has 1 N–H and O–H groups in total. The lowest BCUT2D eigenvalue weighted by Gasteiger charge is -2.51. The minimum Gasteiger partial charge on any atom is -0.444 e. The van der Waals surface area contributed by atoms with Gasteiger partial charge in [0.05, 0.1) is 18.2 Å². The smallest absolute Gasteiger partial charge is 0.407 e. The Morgan fingerprint density at radius 1 is 1.03 bits per heavy atom. The minimum atomic E-state index is -2.02. The van der Waals surface area contributed by atoms with Crippen molar-refractivity contribution in [3.63, 3.8) is 0 Å². The van der Waals surface area contributed by atoms with Crippen molar-refractivity contribution in [1.29, 1.82) is 0 Å². The second-order valence-electron chi connectivity index (χ2n) is 13.4. The van der Waals surface area contributed by atoms with Crippen molar-refractivity contribution in [2.75, 3.05) is 19.6 Å². The Labute approximate surface area is 208 Å². The average Bonchev–Trinajstić information content (AvgIpc) is 2.99.